The molecule has 1 fully saturated rings. The van der Waals surface area contributed by atoms with Crippen LogP contribution in [0.3, 0.4) is 0 Å². The minimum Gasteiger partial charge on any atom is -0.388 e. The second-order valence-corrected chi connectivity index (χ2v) is 6.47. The summed E-state index contributed by atoms with van der Waals surface area (Å²) in [5.74, 6) is 0.641. The van der Waals surface area contributed by atoms with Gasteiger partial charge in [0.2, 0.25) is 0 Å². The summed E-state index contributed by atoms with van der Waals surface area (Å²) < 4.78 is 0. The van der Waals surface area contributed by atoms with Gasteiger partial charge in [-0.1, -0.05) is 51.8 Å². The standard InChI is InChI=1S/C18H29NO/c1-4-18(20)16-11-7-8-12-17(16)19(13-14(2)3)15-9-5-6-10-15/h7-8,11-12,14-15,18,20H,4-6,9-10,13H2,1-3H3/t18-/m1/s1. The Morgan fingerprint density at radius 1 is 1.20 bits per heavy atom. The minimum atomic E-state index is -0.345. The van der Waals surface area contributed by atoms with Gasteiger partial charge in [-0.15, -0.1) is 0 Å². The first-order valence-electron chi connectivity index (χ1n) is 8.17. The van der Waals surface area contributed by atoms with Crippen molar-refractivity contribution in [3.63, 3.8) is 0 Å². The zero-order chi connectivity index (χ0) is 14.5. The molecule has 2 nitrogen and oxygen atoms in total. The van der Waals surface area contributed by atoms with E-state index in [4.69, 9.17) is 0 Å². The Balaban J connectivity index is 2.32. The van der Waals surface area contributed by atoms with E-state index in [0.29, 0.717) is 12.0 Å². The monoisotopic (exact) mass is 275 g/mol. The molecule has 112 valence electrons. The quantitative estimate of drug-likeness (QED) is 0.824. The van der Waals surface area contributed by atoms with Crippen LogP contribution in [0.2, 0.25) is 0 Å². The molecule has 0 heterocycles. The highest BCUT2D eigenvalue weighted by Gasteiger charge is 2.26. The fourth-order valence-electron chi connectivity index (χ4n) is 3.30. The summed E-state index contributed by atoms with van der Waals surface area (Å²) in [5, 5.41) is 10.3. The molecule has 1 aromatic carbocycles. The summed E-state index contributed by atoms with van der Waals surface area (Å²) >= 11 is 0. The van der Waals surface area contributed by atoms with Gasteiger partial charge in [0.15, 0.2) is 0 Å². The first-order chi connectivity index (χ1) is 9.63. The van der Waals surface area contributed by atoms with Gasteiger partial charge in [0.25, 0.3) is 0 Å². The molecular formula is C18H29NO. The third kappa shape index (κ3) is 3.54. The average Bonchev–Trinajstić information content (AvgIpc) is 2.97. The maximum Gasteiger partial charge on any atom is 0.0807 e. The summed E-state index contributed by atoms with van der Waals surface area (Å²) in [6.45, 7) is 7.68. The van der Waals surface area contributed by atoms with E-state index in [1.807, 2.05) is 13.0 Å². The highest BCUT2D eigenvalue weighted by Crippen LogP contribution is 2.34. The number of benzene rings is 1. The van der Waals surface area contributed by atoms with E-state index in [1.165, 1.54) is 31.4 Å². The van der Waals surface area contributed by atoms with Crippen molar-refractivity contribution >= 4 is 5.69 Å². The Kier molecular flexibility index (Phi) is 5.47. The highest BCUT2D eigenvalue weighted by atomic mass is 16.3. The number of aliphatic hydroxyl groups excluding tert-OH is 1. The molecule has 0 bridgehead atoms. The Morgan fingerprint density at radius 3 is 2.45 bits per heavy atom. The predicted molar refractivity (Wildman–Crippen MR) is 86.1 cm³/mol. The van der Waals surface area contributed by atoms with Gasteiger partial charge in [-0.3, -0.25) is 0 Å². The largest absolute Gasteiger partial charge is 0.388 e. The maximum absolute atomic E-state index is 10.3. The molecule has 2 rings (SSSR count). The summed E-state index contributed by atoms with van der Waals surface area (Å²) in [7, 11) is 0. The van der Waals surface area contributed by atoms with E-state index in [1.54, 1.807) is 0 Å². The van der Waals surface area contributed by atoms with Crippen LogP contribution >= 0.6 is 0 Å². The molecule has 1 aliphatic carbocycles. The fourth-order valence-corrected chi connectivity index (χ4v) is 3.30. The van der Waals surface area contributed by atoms with Crippen LogP contribution in [0.15, 0.2) is 24.3 Å². The lowest BCUT2D eigenvalue weighted by Crippen LogP contribution is -2.37. The lowest BCUT2D eigenvalue weighted by molar-refractivity contribution is 0.174. The molecule has 2 heteroatoms. The Morgan fingerprint density at radius 2 is 1.85 bits per heavy atom. The van der Waals surface area contributed by atoms with Crippen molar-refractivity contribution in [2.45, 2.75) is 65.0 Å². The molecule has 1 saturated carbocycles. The second-order valence-electron chi connectivity index (χ2n) is 6.47. The Bertz CT molecular complexity index is 410. The van der Waals surface area contributed by atoms with E-state index in [-0.39, 0.29) is 6.10 Å². The average molecular weight is 275 g/mol. The van der Waals surface area contributed by atoms with Gasteiger partial charge in [-0.05, 0) is 31.2 Å². The minimum absolute atomic E-state index is 0.345. The maximum atomic E-state index is 10.3. The van der Waals surface area contributed by atoms with Crippen LogP contribution in [0, 0.1) is 5.92 Å². The third-order valence-corrected chi connectivity index (χ3v) is 4.32. The SMILES string of the molecule is CC[C@@H](O)c1ccccc1N(CC(C)C)C1CCCC1. The van der Waals surface area contributed by atoms with Crippen molar-refractivity contribution in [1.29, 1.82) is 0 Å². The van der Waals surface area contributed by atoms with Gasteiger partial charge in [0.1, 0.15) is 0 Å². The summed E-state index contributed by atoms with van der Waals surface area (Å²) in [4.78, 5) is 2.56. The summed E-state index contributed by atoms with van der Waals surface area (Å²) in [6.07, 6.45) is 5.71. The molecular weight excluding hydrogens is 246 g/mol. The fraction of sp³-hybridized carbons (Fsp3) is 0.667. The zero-order valence-electron chi connectivity index (χ0n) is 13.2. The van der Waals surface area contributed by atoms with E-state index < -0.39 is 0 Å². The Hall–Kier alpha value is -1.02. The molecule has 1 aliphatic rings. The molecule has 0 aliphatic heterocycles. The molecule has 1 aromatic rings. The third-order valence-electron chi connectivity index (χ3n) is 4.32. The second kappa shape index (κ2) is 7.12. The number of anilines is 1. The van der Waals surface area contributed by atoms with Crippen molar-refractivity contribution in [2.75, 3.05) is 11.4 Å². The number of rotatable bonds is 6. The lowest BCUT2D eigenvalue weighted by Gasteiger charge is -2.35. The molecule has 0 spiro atoms. The molecule has 1 N–H and O–H groups in total. The lowest BCUT2D eigenvalue weighted by atomic mass is 10.0. The van der Waals surface area contributed by atoms with Crippen LogP contribution in [0.25, 0.3) is 0 Å². The van der Waals surface area contributed by atoms with Gasteiger partial charge >= 0.3 is 0 Å². The number of hydrogen-bond donors (Lipinski definition) is 1. The van der Waals surface area contributed by atoms with Gasteiger partial charge in [0, 0.05) is 23.8 Å². The van der Waals surface area contributed by atoms with Crippen molar-refractivity contribution in [3.8, 4) is 0 Å². The van der Waals surface area contributed by atoms with Crippen LogP contribution in [-0.2, 0) is 0 Å². The van der Waals surface area contributed by atoms with Gasteiger partial charge in [0.05, 0.1) is 6.10 Å². The van der Waals surface area contributed by atoms with Crippen LogP contribution < -0.4 is 4.90 Å². The molecule has 0 aromatic heterocycles. The van der Waals surface area contributed by atoms with Crippen molar-refractivity contribution in [3.05, 3.63) is 29.8 Å². The predicted octanol–water partition coefficient (Wildman–Crippen LogP) is 4.54. The molecule has 0 radical (unpaired) electrons. The summed E-state index contributed by atoms with van der Waals surface area (Å²) in [6, 6.07) is 9.08. The van der Waals surface area contributed by atoms with E-state index in [0.717, 1.165) is 18.5 Å². The molecule has 0 unspecified atom stereocenters. The van der Waals surface area contributed by atoms with Crippen LogP contribution in [0.4, 0.5) is 5.69 Å². The molecule has 20 heavy (non-hydrogen) atoms. The van der Waals surface area contributed by atoms with Crippen molar-refractivity contribution in [1.82, 2.24) is 0 Å². The molecule has 1 atom stereocenters. The van der Waals surface area contributed by atoms with Crippen LogP contribution in [0.5, 0.6) is 0 Å². The zero-order valence-corrected chi connectivity index (χ0v) is 13.2. The van der Waals surface area contributed by atoms with Crippen LogP contribution in [-0.4, -0.2) is 17.7 Å². The van der Waals surface area contributed by atoms with E-state index >= 15 is 0 Å². The Labute approximate surface area is 123 Å². The van der Waals surface area contributed by atoms with Gasteiger partial charge in [-0.25, -0.2) is 0 Å². The molecule has 0 saturated heterocycles. The van der Waals surface area contributed by atoms with E-state index in [2.05, 4.69) is 36.9 Å². The first-order valence-corrected chi connectivity index (χ1v) is 8.17. The summed E-state index contributed by atoms with van der Waals surface area (Å²) in [5.41, 5.74) is 2.35. The van der Waals surface area contributed by atoms with Crippen LogP contribution in [0.1, 0.15) is 64.5 Å². The highest BCUT2D eigenvalue weighted by molar-refractivity contribution is 5.55. The normalized spacial score (nSPS) is 17.6. The number of nitrogens with zero attached hydrogens (tertiary/aromatic N) is 1. The number of para-hydroxylation sites is 1. The number of hydrogen-bond acceptors (Lipinski definition) is 2. The first kappa shape index (κ1) is 15.4. The van der Waals surface area contributed by atoms with Crippen molar-refractivity contribution < 1.29 is 5.11 Å². The van der Waals surface area contributed by atoms with Crippen molar-refractivity contribution in [2.24, 2.45) is 5.92 Å². The smallest absolute Gasteiger partial charge is 0.0807 e. The van der Waals surface area contributed by atoms with Gasteiger partial charge < -0.3 is 10.0 Å². The molecule has 0 amide bonds. The van der Waals surface area contributed by atoms with E-state index in [9.17, 15) is 5.11 Å². The topological polar surface area (TPSA) is 23.5 Å². The van der Waals surface area contributed by atoms with Gasteiger partial charge in [-0.2, -0.15) is 0 Å². The number of aliphatic hydroxyl groups is 1.